The molecule has 1 N–H and O–H groups in total. The summed E-state index contributed by atoms with van der Waals surface area (Å²) in [6, 6.07) is 1.24. The van der Waals surface area contributed by atoms with Crippen molar-refractivity contribution in [3.05, 3.63) is 23.6 Å². The van der Waals surface area contributed by atoms with E-state index in [-0.39, 0.29) is 12.7 Å². The summed E-state index contributed by atoms with van der Waals surface area (Å²) in [7, 11) is 0. The van der Waals surface area contributed by atoms with Gasteiger partial charge in [0.05, 0.1) is 18.9 Å². The number of aromatic nitrogens is 1. The fourth-order valence-corrected chi connectivity index (χ4v) is 1.34. The average molecular weight is 213 g/mol. The van der Waals surface area contributed by atoms with Crippen molar-refractivity contribution in [1.82, 2.24) is 4.98 Å². The molecule has 0 fully saturated rings. The van der Waals surface area contributed by atoms with E-state index in [1.54, 1.807) is 0 Å². The van der Waals surface area contributed by atoms with Crippen LogP contribution in [0.25, 0.3) is 0 Å². The van der Waals surface area contributed by atoms with Crippen LogP contribution in [0.3, 0.4) is 0 Å². The first-order chi connectivity index (χ1) is 7.17. The van der Waals surface area contributed by atoms with Crippen LogP contribution in [0.15, 0.2) is 12.3 Å². The van der Waals surface area contributed by atoms with Gasteiger partial charge in [0.1, 0.15) is 5.82 Å². The Morgan fingerprint density at radius 1 is 1.60 bits per heavy atom. The van der Waals surface area contributed by atoms with Crippen LogP contribution in [0.5, 0.6) is 5.88 Å². The Morgan fingerprint density at radius 2 is 2.33 bits per heavy atom. The third-order valence-corrected chi connectivity index (χ3v) is 2.07. The summed E-state index contributed by atoms with van der Waals surface area (Å²) in [6.07, 6.45) is 3.03. The molecule has 4 heteroatoms. The number of hydrogen-bond donors (Lipinski definition) is 1. The molecule has 0 saturated carbocycles. The van der Waals surface area contributed by atoms with Crippen LogP contribution in [0.4, 0.5) is 4.39 Å². The quantitative estimate of drug-likeness (QED) is 0.815. The van der Waals surface area contributed by atoms with Gasteiger partial charge in [0.2, 0.25) is 5.88 Å². The van der Waals surface area contributed by atoms with Crippen molar-refractivity contribution >= 4 is 0 Å². The van der Waals surface area contributed by atoms with Gasteiger partial charge in [-0.1, -0.05) is 13.3 Å². The number of pyridine rings is 1. The lowest BCUT2D eigenvalue weighted by Crippen LogP contribution is -2.13. The predicted molar refractivity (Wildman–Crippen MR) is 55.1 cm³/mol. The van der Waals surface area contributed by atoms with Gasteiger partial charge >= 0.3 is 0 Å². The highest BCUT2D eigenvalue weighted by Crippen LogP contribution is 2.18. The molecule has 1 heterocycles. The second-order valence-corrected chi connectivity index (χ2v) is 3.49. The van der Waals surface area contributed by atoms with E-state index in [4.69, 9.17) is 9.84 Å². The first-order valence-electron chi connectivity index (χ1n) is 5.09. The van der Waals surface area contributed by atoms with Crippen LogP contribution in [0, 0.1) is 5.82 Å². The molecular weight excluding hydrogens is 197 g/mol. The van der Waals surface area contributed by atoms with E-state index in [2.05, 4.69) is 11.9 Å². The molecule has 0 amide bonds. The minimum absolute atomic E-state index is 0.0262. The molecule has 1 atom stereocenters. The van der Waals surface area contributed by atoms with Gasteiger partial charge in [-0.15, -0.1) is 0 Å². The van der Waals surface area contributed by atoms with Crippen LogP contribution in [-0.2, 0) is 6.61 Å². The first-order valence-corrected chi connectivity index (χ1v) is 5.09. The molecule has 1 aromatic heterocycles. The summed E-state index contributed by atoms with van der Waals surface area (Å²) in [5.74, 6) is -0.144. The second-order valence-electron chi connectivity index (χ2n) is 3.49. The maximum atomic E-state index is 12.8. The SMILES string of the molecule is CCCC(C)Oc1ncc(F)cc1CO. The number of ether oxygens (including phenoxy) is 1. The van der Waals surface area contributed by atoms with E-state index in [0.717, 1.165) is 19.0 Å². The zero-order valence-electron chi connectivity index (χ0n) is 9.03. The van der Waals surface area contributed by atoms with Crippen LogP contribution in [0.1, 0.15) is 32.3 Å². The topological polar surface area (TPSA) is 42.4 Å². The van der Waals surface area contributed by atoms with Crippen molar-refractivity contribution < 1.29 is 14.2 Å². The Morgan fingerprint density at radius 3 is 2.93 bits per heavy atom. The average Bonchev–Trinajstić information content (AvgIpc) is 2.21. The van der Waals surface area contributed by atoms with Crippen molar-refractivity contribution in [1.29, 1.82) is 0 Å². The number of hydrogen-bond acceptors (Lipinski definition) is 3. The summed E-state index contributed by atoms with van der Waals surface area (Å²) < 4.78 is 18.3. The van der Waals surface area contributed by atoms with Gasteiger partial charge in [-0.3, -0.25) is 0 Å². The standard InChI is InChI=1S/C11H16FNO2/c1-3-4-8(2)15-11-9(7-14)5-10(12)6-13-11/h5-6,8,14H,3-4,7H2,1-2H3. The highest BCUT2D eigenvalue weighted by molar-refractivity contribution is 5.25. The third-order valence-electron chi connectivity index (χ3n) is 2.07. The maximum Gasteiger partial charge on any atom is 0.219 e. The van der Waals surface area contributed by atoms with Crippen LogP contribution < -0.4 is 4.74 Å². The molecule has 0 aromatic carbocycles. The van der Waals surface area contributed by atoms with E-state index in [0.29, 0.717) is 11.4 Å². The van der Waals surface area contributed by atoms with E-state index in [1.807, 2.05) is 6.92 Å². The second kappa shape index (κ2) is 5.66. The molecule has 0 aliphatic heterocycles. The Bertz CT molecular complexity index is 317. The van der Waals surface area contributed by atoms with Crippen molar-refractivity contribution in [2.24, 2.45) is 0 Å². The number of nitrogens with zero attached hydrogens (tertiary/aromatic N) is 1. The Kier molecular flexibility index (Phi) is 4.49. The summed E-state index contributed by atoms with van der Waals surface area (Å²) in [5, 5.41) is 9.00. The monoisotopic (exact) mass is 213 g/mol. The van der Waals surface area contributed by atoms with Crippen LogP contribution in [0.2, 0.25) is 0 Å². The van der Waals surface area contributed by atoms with E-state index in [1.165, 1.54) is 6.07 Å². The maximum absolute atomic E-state index is 12.8. The summed E-state index contributed by atoms with van der Waals surface area (Å²) in [4.78, 5) is 3.81. The molecule has 0 saturated heterocycles. The lowest BCUT2D eigenvalue weighted by molar-refractivity contribution is 0.190. The molecule has 0 aliphatic carbocycles. The van der Waals surface area contributed by atoms with Gasteiger partial charge in [-0.05, 0) is 19.4 Å². The molecule has 3 nitrogen and oxygen atoms in total. The molecule has 1 unspecified atom stereocenters. The molecular formula is C11H16FNO2. The molecule has 0 spiro atoms. The molecule has 0 radical (unpaired) electrons. The van der Waals surface area contributed by atoms with Crippen LogP contribution >= 0.6 is 0 Å². The van der Waals surface area contributed by atoms with Crippen molar-refractivity contribution in [2.75, 3.05) is 0 Å². The molecule has 84 valence electrons. The normalized spacial score (nSPS) is 12.5. The van der Waals surface area contributed by atoms with E-state index >= 15 is 0 Å². The van der Waals surface area contributed by atoms with Crippen molar-refractivity contribution in [2.45, 2.75) is 39.4 Å². The first kappa shape index (κ1) is 11.9. The smallest absolute Gasteiger partial charge is 0.219 e. The fourth-order valence-electron chi connectivity index (χ4n) is 1.34. The van der Waals surface area contributed by atoms with E-state index in [9.17, 15) is 4.39 Å². The van der Waals surface area contributed by atoms with E-state index < -0.39 is 5.82 Å². The highest BCUT2D eigenvalue weighted by atomic mass is 19.1. The van der Waals surface area contributed by atoms with Crippen molar-refractivity contribution in [3.8, 4) is 5.88 Å². The number of aliphatic hydroxyl groups excluding tert-OH is 1. The largest absolute Gasteiger partial charge is 0.474 e. The van der Waals surface area contributed by atoms with Gasteiger partial charge in [-0.2, -0.15) is 0 Å². The summed E-state index contributed by atoms with van der Waals surface area (Å²) >= 11 is 0. The minimum atomic E-state index is -0.463. The summed E-state index contributed by atoms with van der Waals surface area (Å²) in [6.45, 7) is 3.72. The lowest BCUT2D eigenvalue weighted by Gasteiger charge is -2.14. The van der Waals surface area contributed by atoms with Gasteiger partial charge in [0.25, 0.3) is 0 Å². The molecule has 15 heavy (non-hydrogen) atoms. The number of halogens is 1. The molecule has 0 aliphatic rings. The molecule has 1 aromatic rings. The Labute approximate surface area is 88.9 Å². The summed E-state index contributed by atoms with van der Waals surface area (Å²) in [5.41, 5.74) is 0.387. The Balaban J connectivity index is 2.75. The highest BCUT2D eigenvalue weighted by Gasteiger charge is 2.09. The van der Waals surface area contributed by atoms with Gasteiger partial charge in [0, 0.05) is 5.56 Å². The number of rotatable bonds is 5. The minimum Gasteiger partial charge on any atom is -0.474 e. The van der Waals surface area contributed by atoms with Crippen LogP contribution in [-0.4, -0.2) is 16.2 Å². The molecule has 1 rings (SSSR count). The lowest BCUT2D eigenvalue weighted by atomic mass is 10.2. The number of aliphatic hydroxyl groups is 1. The Hall–Kier alpha value is -1.16. The third kappa shape index (κ3) is 3.47. The zero-order valence-corrected chi connectivity index (χ0v) is 9.03. The van der Waals surface area contributed by atoms with Gasteiger partial charge in [-0.25, -0.2) is 9.37 Å². The van der Waals surface area contributed by atoms with Gasteiger partial charge in [0.15, 0.2) is 0 Å². The zero-order chi connectivity index (χ0) is 11.3. The fraction of sp³-hybridized carbons (Fsp3) is 0.545. The molecule has 0 bridgehead atoms. The predicted octanol–water partition coefficient (Wildman–Crippen LogP) is 2.28. The van der Waals surface area contributed by atoms with Crippen molar-refractivity contribution in [3.63, 3.8) is 0 Å². The van der Waals surface area contributed by atoms with Gasteiger partial charge < -0.3 is 9.84 Å².